The predicted octanol–water partition coefficient (Wildman–Crippen LogP) is 6.47. The minimum absolute atomic E-state index is 0.199. The third-order valence-corrected chi connectivity index (χ3v) is 8.74. The minimum Gasteiger partial charge on any atom is -0.544 e. The molecule has 2 rings (SSSR count). The first-order valence-electron chi connectivity index (χ1n) is 7.49. The van der Waals surface area contributed by atoms with Crippen molar-refractivity contribution in [1.29, 1.82) is 0 Å². The monoisotopic (exact) mass is 333 g/mol. The summed E-state index contributed by atoms with van der Waals surface area (Å²) in [6.07, 6.45) is 0. The molecule has 0 amide bonds. The third-order valence-electron chi connectivity index (χ3n) is 4.15. The topological polar surface area (TPSA) is 21.3 Å². The average molecular weight is 334 g/mol. The highest BCUT2D eigenvalue weighted by atomic mass is 35.5. The number of anilines is 2. The first kappa shape index (κ1) is 16.9. The summed E-state index contributed by atoms with van der Waals surface area (Å²) in [7, 11) is -1.78. The van der Waals surface area contributed by atoms with E-state index in [4.69, 9.17) is 16.0 Å². The lowest BCUT2D eigenvalue weighted by Gasteiger charge is -2.36. The van der Waals surface area contributed by atoms with E-state index in [2.05, 4.69) is 39.2 Å². The largest absolute Gasteiger partial charge is 0.544 e. The molecule has 118 valence electrons. The number of benzene rings is 2. The van der Waals surface area contributed by atoms with Crippen molar-refractivity contribution >= 4 is 31.3 Å². The van der Waals surface area contributed by atoms with Gasteiger partial charge in [-0.3, -0.25) is 0 Å². The second-order valence-corrected chi connectivity index (χ2v) is 12.2. The fourth-order valence-corrected chi connectivity index (χ4v) is 3.01. The Morgan fingerprint density at radius 3 is 2.14 bits per heavy atom. The molecule has 4 heteroatoms. The zero-order valence-corrected chi connectivity index (χ0v) is 15.7. The van der Waals surface area contributed by atoms with Gasteiger partial charge in [-0.25, -0.2) is 0 Å². The highest BCUT2D eigenvalue weighted by Gasteiger charge is 2.38. The second kappa shape index (κ2) is 6.35. The normalized spacial score (nSPS) is 12.1. The molecule has 1 N–H and O–H groups in total. The van der Waals surface area contributed by atoms with Crippen molar-refractivity contribution in [2.75, 3.05) is 5.32 Å². The van der Waals surface area contributed by atoms with Gasteiger partial charge in [-0.1, -0.05) is 38.4 Å². The lowest BCUT2D eigenvalue weighted by Crippen LogP contribution is -2.43. The van der Waals surface area contributed by atoms with Crippen LogP contribution in [0.25, 0.3) is 0 Å². The summed E-state index contributed by atoms with van der Waals surface area (Å²) in [6.45, 7) is 11.2. The summed E-state index contributed by atoms with van der Waals surface area (Å²) < 4.78 is 6.28. The summed E-state index contributed by atoms with van der Waals surface area (Å²) in [5.74, 6) is 0.934. The predicted molar refractivity (Wildman–Crippen MR) is 99.0 cm³/mol. The van der Waals surface area contributed by atoms with Crippen LogP contribution in [0.4, 0.5) is 11.4 Å². The Labute approximate surface area is 139 Å². The summed E-state index contributed by atoms with van der Waals surface area (Å²) in [6, 6.07) is 15.8. The molecule has 0 aliphatic carbocycles. The molecular formula is C18H24ClNOSi. The molecule has 0 radical (unpaired) electrons. The van der Waals surface area contributed by atoms with Gasteiger partial charge in [0.1, 0.15) is 5.75 Å². The Balaban J connectivity index is 2.08. The maximum atomic E-state index is 6.28. The molecule has 0 aliphatic rings. The number of hydrogen-bond acceptors (Lipinski definition) is 2. The molecule has 0 aromatic heterocycles. The number of halogens is 1. The van der Waals surface area contributed by atoms with E-state index in [-0.39, 0.29) is 5.04 Å². The third kappa shape index (κ3) is 4.28. The maximum Gasteiger partial charge on any atom is 0.250 e. The van der Waals surface area contributed by atoms with Crippen LogP contribution >= 0.6 is 11.6 Å². The van der Waals surface area contributed by atoms with Gasteiger partial charge in [0.25, 0.3) is 0 Å². The molecule has 0 atom stereocenters. The quantitative estimate of drug-likeness (QED) is 0.647. The molecule has 0 fully saturated rings. The molecule has 0 heterocycles. The van der Waals surface area contributed by atoms with Crippen molar-refractivity contribution in [2.24, 2.45) is 0 Å². The van der Waals surface area contributed by atoms with E-state index in [0.717, 1.165) is 22.1 Å². The van der Waals surface area contributed by atoms with Gasteiger partial charge in [0.2, 0.25) is 8.32 Å². The number of nitrogens with one attached hydrogen (secondary N) is 1. The molecule has 2 nitrogen and oxygen atoms in total. The summed E-state index contributed by atoms with van der Waals surface area (Å²) in [5.41, 5.74) is 2.00. The van der Waals surface area contributed by atoms with Crippen molar-refractivity contribution in [3.8, 4) is 5.75 Å². The standard InChI is InChI=1S/C18H24ClNOSi/c1-18(2,3)22(4,5)21-17-11-9-15(10-12-17)20-16-8-6-7-14(19)13-16/h6-13,20H,1-5H3. The van der Waals surface area contributed by atoms with E-state index in [1.54, 1.807) is 0 Å². The van der Waals surface area contributed by atoms with Gasteiger partial charge in [0.05, 0.1) is 0 Å². The Hall–Kier alpha value is -1.45. The van der Waals surface area contributed by atoms with E-state index in [0.29, 0.717) is 0 Å². The van der Waals surface area contributed by atoms with Gasteiger partial charge in [-0.05, 0) is 60.6 Å². The Morgan fingerprint density at radius 1 is 0.955 bits per heavy atom. The van der Waals surface area contributed by atoms with Crippen molar-refractivity contribution in [3.05, 3.63) is 53.6 Å². The molecule has 0 unspecified atom stereocenters. The van der Waals surface area contributed by atoms with Crippen LogP contribution in [-0.2, 0) is 0 Å². The van der Waals surface area contributed by atoms with E-state index >= 15 is 0 Å². The van der Waals surface area contributed by atoms with Gasteiger partial charge >= 0.3 is 0 Å². The van der Waals surface area contributed by atoms with Gasteiger partial charge in [-0.2, -0.15) is 0 Å². The minimum atomic E-state index is -1.78. The highest BCUT2D eigenvalue weighted by Crippen LogP contribution is 2.37. The smallest absolute Gasteiger partial charge is 0.250 e. The zero-order valence-electron chi connectivity index (χ0n) is 13.9. The fourth-order valence-electron chi connectivity index (χ4n) is 1.79. The van der Waals surface area contributed by atoms with Gasteiger partial charge < -0.3 is 9.74 Å². The van der Waals surface area contributed by atoms with Gasteiger partial charge in [-0.15, -0.1) is 0 Å². The molecule has 22 heavy (non-hydrogen) atoms. The number of hydrogen-bond donors (Lipinski definition) is 1. The molecule has 0 saturated heterocycles. The van der Waals surface area contributed by atoms with Crippen LogP contribution in [0, 0.1) is 0 Å². The summed E-state index contributed by atoms with van der Waals surface area (Å²) in [5, 5.41) is 4.26. The molecule has 2 aromatic rings. The summed E-state index contributed by atoms with van der Waals surface area (Å²) >= 11 is 6.00. The SMILES string of the molecule is CC(C)(C)[Si](C)(C)Oc1ccc(Nc2cccc(Cl)c2)cc1. The van der Waals surface area contributed by atoms with Crippen LogP contribution in [0.1, 0.15) is 20.8 Å². The Bertz CT molecular complexity index is 632. The molecule has 0 spiro atoms. The van der Waals surface area contributed by atoms with Gasteiger partial charge in [0.15, 0.2) is 0 Å². The zero-order chi connectivity index (χ0) is 16.4. The average Bonchev–Trinajstić information content (AvgIpc) is 2.39. The van der Waals surface area contributed by atoms with Crippen LogP contribution in [0.15, 0.2) is 48.5 Å². The van der Waals surface area contributed by atoms with Crippen LogP contribution in [0.2, 0.25) is 23.2 Å². The first-order valence-corrected chi connectivity index (χ1v) is 10.8. The first-order chi connectivity index (χ1) is 10.2. The van der Waals surface area contributed by atoms with Crippen molar-refractivity contribution in [1.82, 2.24) is 0 Å². The van der Waals surface area contributed by atoms with Crippen LogP contribution in [0.3, 0.4) is 0 Å². The van der Waals surface area contributed by atoms with Crippen molar-refractivity contribution in [2.45, 2.75) is 38.9 Å². The molecular weight excluding hydrogens is 310 g/mol. The lowest BCUT2D eigenvalue weighted by molar-refractivity contribution is 0.492. The van der Waals surface area contributed by atoms with E-state index in [9.17, 15) is 0 Å². The van der Waals surface area contributed by atoms with Gasteiger partial charge in [0, 0.05) is 16.4 Å². The highest BCUT2D eigenvalue weighted by molar-refractivity contribution is 6.74. The lowest BCUT2D eigenvalue weighted by atomic mass is 10.2. The number of rotatable bonds is 4. The maximum absolute atomic E-state index is 6.28. The van der Waals surface area contributed by atoms with Crippen molar-refractivity contribution in [3.63, 3.8) is 0 Å². The van der Waals surface area contributed by atoms with Crippen LogP contribution in [-0.4, -0.2) is 8.32 Å². The van der Waals surface area contributed by atoms with E-state index in [1.807, 2.05) is 48.5 Å². The molecule has 2 aromatic carbocycles. The molecule has 0 bridgehead atoms. The fraction of sp³-hybridized carbons (Fsp3) is 0.333. The van der Waals surface area contributed by atoms with Crippen LogP contribution < -0.4 is 9.74 Å². The van der Waals surface area contributed by atoms with E-state index < -0.39 is 8.32 Å². The second-order valence-electron chi connectivity index (χ2n) is 7.02. The van der Waals surface area contributed by atoms with Crippen LogP contribution in [0.5, 0.6) is 5.75 Å². The Kier molecular flexibility index (Phi) is 4.88. The van der Waals surface area contributed by atoms with Crippen molar-refractivity contribution < 1.29 is 4.43 Å². The molecule has 0 saturated carbocycles. The summed E-state index contributed by atoms with van der Waals surface area (Å²) in [4.78, 5) is 0. The molecule has 0 aliphatic heterocycles. The van der Waals surface area contributed by atoms with E-state index in [1.165, 1.54) is 0 Å². The Morgan fingerprint density at radius 2 is 1.59 bits per heavy atom.